The molecule has 0 unspecified atom stereocenters. The number of benzene rings is 1. The number of para-hydroxylation sites is 1. The van der Waals surface area contributed by atoms with Gasteiger partial charge in [-0.05, 0) is 44.9 Å². The summed E-state index contributed by atoms with van der Waals surface area (Å²) in [5.41, 5.74) is 3.58. The molecule has 0 amide bonds. The van der Waals surface area contributed by atoms with E-state index in [0.717, 1.165) is 36.9 Å². The molecule has 0 aliphatic rings. The lowest BCUT2D eigenvalue weighted by molar-refractivity contribution is 0.322. The number of hydrogen-bond acceptors (Lipinski definition) is 3. The lowest BCUT2D eigenvalue weighted by atomic mass is 10.1. The van der Waals surface area contributed by atoms with Gasteiger partial charge in [0.05, 0.1) is 12.2 Å². The molecule has 0 spiro atoms. The van der Waals surface area contributed by atoms with Crippen molar-refractivity contribution in [2.24, 2.45) is 12.0 Å². The van der Waals surface area contributed by atoms with Gasteiger partial charge in [0.1, 0.15) is 12.4 Å². The first-order valence-electron chi connectivity index (χ1n) is 8.81. The van der Waals surface area contributed by atoms with Gasteiger partial charge in [0, 0.05) is 25.8 Å². The summed E-state index contributed by atoms with van der Waals surface area (Å²) in [6.07, 6.45) is 0.891. The van der Waals surface area contributed by atoms with Crippen molar-refractivity contribution in [3.63, 3.8) is 0 Å². The smallest absolute Gasteiger partial charge is 0.191 e. The predicted molar refractivity (Wildman–Crippen MR) is 118 cm³/mol. The molecule has 0 saturated heterocycles. The third kappa shape index (κ3) is 6.86. The molecule has 1 aromatic heterocycles. The Balaban J connectivity index is 0.00000338. The second-order valence-corrected chi connectivity index (χ2v) is 5.87. The third-order valence-corrected chi connectivity index (χ3v) is 4.04. The summed E-state index contributed by atoms with van der Waals surface area (Å²) in [5, 5.41) is 11.0. The van der Waals surface area contributed by atoms with E-state index in [2.05, 4.69) is 41.5 Å². The number of nitrogens with one attached hydrogen (secondary N) is 2. The normalized spacial score (nSPS) is 11.0. The third-order valence-electron chi connectivity index (χ3n) is 4.04. The van der Waals surface area contributed by atoms with Crippen molar-refractivity contribution < 1.29 is 4.74 Å². The van der Waals surface area contributed by atoms with Gasteiger partial charge in [0.2, 0.25) is 0 Å². The topological polar surface area (TPSA) is 63.5 Å². The van der Waals surface area contributed by atoms with Crippen LogP contribution in [-0.4, -0.2) is 42.0 Å². The molecule has 2 N–H and O–H groups in total. The van der Waals surface area contributed by atoms with E-state index in [1.54, 1.807) is 0 Å². The summed E-state index contributed by atoms with van der Waals surface area (Å²) in [6.45, 7) is 9.06. The molecule has 144 valence electrons. The van der Waals surface area contributed by atoms with Crippen molar-refractivity contribution in [3.8, 4) is 5.75 Å². The van der Waals surface area contributed by atoms with Gasteiger partial charge in [-0.15, -0.1) is 24.0 Å². The molecule has 1 heterocycles. The second-order valence-electron chi connectivity index (χ2n) is 5.87. The van der Waals surface area contributed by atoms with Gasteiger partial charge in [-0.1, -0.05) is 18.2 Å². The SMILES string of the molecule is CCNC(=NCCc1c(C)nn(C)c1C)NCCOc1ccccc1.I. The molecule has 6 nitrogen and oxygen atoms in total. The molecule has 1 aromatic carbocycles. The van der Waals surface area contributed by atoms with Gasteiger partial charge in [-0.2, -0.15) is 5.10 Å². The molecule has 0 bridgehead atoms. The average Bonchev–Trinajstić information content (AvgIpc) is 2.85. The monoisotopic (exact) mass is 471 g/mol. The first-order chi connectivity index (χ1) is 12.1. The number of ether oxygens (including phenoxy) is 1. The fraction of sp³-hybridized carbons (Fsp3) is 0.474. The van der Waals surface area contributed by atoms with Crippen LogP contribution in [0.3, 0.4) is 0 Å². The molecule has 0 radical (unpaired) electrons. The largest absolute Gasteiger partial charge is 0.492 e. The zero-order chi connectivity index (χ0) is 18.1. The van der Waals surface area contributed by atoms with Gasteiger partial charge in [-0.3, -0.25) is 9.67 Å². The highest BCUT2D eigenvalue weighted by molar-refractivity contribution is 14.0. The lowest BCUT2D eigenvalue weighted by Crippen LogP contribution is -2.39. The van der Waals surface area contributed by atoms with E-state index in [1.807, 2.05) is 42.1 Å². The summed E-state index contributed by atoms with van der Waals surface area (Å²) in [4.78, 5) is 4.65. The maximum absolute atomic E-state index is 5.69. The van der Waals surface area contributed by atoms with E-state index in [4.69, 9.17) is 4.74 Å². The Kier molecular flexibility index (Phi) is 10.1. The van der Waals surface area contributed by atoms with Crippen LogP contribution < -0.4 is 15.4 Å². The standard InChI is InChI=1S/C19H29N5O.HI/c1-5-20-19(22-13-14-25-17-9-7-6-8-10-17)21-12-11-18-15(2)23-24(4)16(18)3;/h6-10H,5,11-14H2,1-4H3,(H2,20,21,22);1H. The minimum atomic E-state index is 0. The number of aliphatic imine (C=N–C) groups is 1. The Bertz CT molecular complexity index is 685. The summed E-state index contributed by atoms with van der Waals surface area (Å²) >= 11 is 0. The Hall–Kier alpha value is -1.77. The molecule has 26 heavy (non-hydrogen) atoms. The van der Waals surface area contributed by atoms with Crippen LogP contribution in [0.25, 0.3) is 0 Å². The molecule has 0 aliphatic heterocycles. The quantitative estimate of drug-likeness (QED) is 0.269. The maximum Gasteiger partial charge on any atom is 0.191 e. The zero-order valence-corrected chi connectivity index (χ0v) is 18.4. The van der Waals surface area contributed by atoms with Crippen molar-refractivity contribution in [3.05, 3.63) is 47.3 Å². The minimum absolute atomic E-state index is 0. The lowest BCUT2D eigenvalue weighted by Gasteiger charge is -2.12. The molecular weight excluding hydrogens is 441 g/mol. The van der Waals surface area contributed by atoms with Crippen LogP contribution in [0.15, 0.2) is 35.3 Å². The Morgan fingerprint density at radius 1 is 1.19 bits per heavy atom. The predicted octanol–water partition coefficient (Wildman–Crippen LogP) is 2.83. The number of aryl methyl sites for hydroxylation is 2. The van der Waals surface area contributed by atoms with Crippen LogP contribution in [0.5, 0.6) is 5.75 Å². The van der Waals surface area contributed by atoms with Crippen molar-refractivity contribution >= 4 is 29.9 Å². The van der Waals surface area contributed by atoms with Crippen molar-refractivity contribution in [1.82, 2.24) is 20.4 Å². The van der Waals surface area contributed by atoms with E-state index >= 15 is 0 Å². The van der Waals surface area contributed by atoms with Crippen LogP contribution in [0.2, 0.25) is 0 Å². The van der Waals surface area contributed by atoms with E-state index in [0.29, 0.717) is 13.2 Å². The van der Waals surface area contributed by atoms with Crippen LogP contribution in [0.4, 0.5) is 0 Å². The Labute approximate surface area is 173 Å². The highest BCUT2D eigenvalue weighted by atomic mass is 127. The van der Waals surface area contributed by atoms with Crippen LogP contribution >= 0.6 is 24.0 Å². The van der Waals surface area contributed by atoms with Gasteiger partial charge in [-0.25, -0.2) is 0 Å². The van der Waals surface area contributed by atoms with E-state index < -0.39 is 0 Å². The molecule has 2 rings (SSSR count). The molecule has 0 atom stereocenters. The number of hydrogen-bond donors (Lipinski definition) is 2. The number of aromatic nitrogens is 2. The van der Waals surface area contributed by atoms with Gasteiger partial charge < -0.3 is 15.4 Å². The van der Waals surface area contributed by atoms with Crippen LogP contribution in [0, 0.1) is 13.8 Å². The van der Waals surface area contributed by atoms with Gasteiger partial charge in [0.15, 0.2) is 5.96 Å². The second kappa shape index (κ2) is 11.8. The molecule has 0 fully saturated rings. The molecule has 7 heteroatoms. The van der Waals surface area contributed by atoms with Gasteiger partial charge in [0.25, 0.3) is 0 Å². The molecular formula is C19H30IN5O. The molecule has 0 saturated carbocycles. The van der Waals surface area contributed by atoms with E-state index in [-0.39, 0.29) is 24.0 Å². The average molecular weight is 471 g/mol. The zero-order valence-electron chi connectivity index (χ0n) is 16.1. The molecule has 2 aromatic rings. The van der Waals surface area contributed by atoms with Crippen molar-refractivity contribution in [2.75, 3.05) is 26.2 Å². The number of nitrogens with zero attached hydrogens (tertiary/aromatic N) is 3. The Morgan fingerprint density at radius 2 is 1.92 bits per heavy atom. The van der Waals surface area contributed by atoms with Crippen molar-refractivity contribution in [1.29, 1.82) is 0 Å². The highest BCUT2D eigenvalue weighted by Crippen LogP contribution is 2.12. The summed E-state index contributed by atoms with van der Waals surface area (Å²) in [7, 11) is 1.98. The fourth-order valence-electron chi connectivity index (χ4n) is 2.66. The maximum atomic E-state index is 5.69. The van der Waals surface area contributed by atoms with Crippen LogP contribution in [0.1, 0.15) is 23.9 Å². The summed E-state index contributed by atoms with van der Waals surface area (Å²) < 4.78 is 7.62. The van der Waals surface area contributed by atoms with Crippen molar-refractivity contribution in [2.45, 2.75) is 27.2 Å². The van der Waals surface area contributed by atoms with E-state index in [1.165, 1.54) is 11.3 Å². The minimum Gasteiger partial charge on any atom is -0.492 e. The van der Waals surface area contributed by atoms with Gasteiger partial charge >= 0.3 is 0 Å². The van der Waals surface area contributed by atoms with Crippen LogP contribution in [-0.2, 0) is 13.5 Å². The first-order valence-corrected chi connectivity index (χ1v) is 8.81. The number of halogens is 1. The van der Waals surface area contributed by atoms with E-state index in [9.17, 15) is 0 Å². The molecule has 0 aliphatic carbocycles. The Morgan fingerprint density at radius 3 is 2.54 bits per heavy atom. The number of rotatable bonds is 8. The highest BCUT2D eigenvalue weighted by Gasteiger charge is 2.08. The summed E-state index contributed by atoms with van der Waals surface area (Å²) in [5.74, 6) is 1.70. The number of guanidine groups is 1. The first kappa shape index (κ1) is 22.3. The summed E-state index contributed by atoms with van der Waals surface area (Å²) in [6, 6.07) is 9.83. The fourth-order valence-corrected chi connectivity index (χ4v) is 2.66.